The highest BCUT2D eigenvalue weighted by Gasteiger charge is 2.27. The number of nitrogens with one attached hydrogen (secondary N) is 1. The Morgan fingerprint density at radius 2 is 2.16 bits per heavy atom. The van der Waals surface area contributed by atoms with Crippen molar-refractivity contribution in [2.75, 3.05) is 26.2 Å². The van der Waals surface area contributed by atoms with Gasteiger partial charge in [-0.25, -0.2) is 4.79 Å². The van der Waals surface area contributed by atoms with E-state index in [1.54, 1.807) is 0 Å². The molecular formula is C15H30N2O2. The van der Waals surface area contributed by atoms with Crippen LogP contribution in [0, 0.1) is 5.92 Å². The van der Waals surface area contributed by atoms with Crippen molar-refractivity contribution in [3.05, 3.63) is 0 Å². The summed E-state index contributed by atoms with van der Waals surface area (Å²) in [7, 11) is 0. The van der Waals surface area contributed by atoms with Crippen LogP contribution in [-0.2, 0) is 4.74 Å². The van der Waals surface area contributed by atoms with Gasteiger partial charge < -0.3 is 15.0 Å². The predicted molar refractivity (Wildman–Crippen MR) is 78.3 cm³/mol. The first kappa shape index (κ1) is 16.3. The SMILES string of the molecule is CCNCCC[C@H]1CCCN(C(=O)OC(C)(C)C)C1. The van der Waals surface area contributed by atoms with Crippen LogP contribution in [0.3, 0.4) is 0 Å². The number of carbonyl (C=O) groups is 1. The van der Waals surface area contributed by atoms with Gasteiger partial charge in [0.15, 0.2) is 0 Å². The first-order valence-electron chi connectivity index (χ1n) is 7.61. The molecule has 1 saturated heterocycles. The minimum Gasteiger partial charge on any atom is -0.444 e. The van der Waals surface area contributed by atoms with E-state index in [1.165, 1.54) is 19.3 Å². The van der Waals surface area contributed by atoms with E-state index < -0.39 is 5.60 Å². The van der Waals surface area contributed by atoms with Gasteiger partial charge in [0.25, 0.3) is 0 Å². The summed E-state index contributed by atoms with van der Waals surface area (Å²) in [5.74, 6) is 0.639. The zero-order valence-electron chi connectivity index (χ0n) is 13.0. The fraction of sp³-hybridized carbons (Fsp3) is 0.933. The quantitative estimate of drug-likeness (QED) is 0.781. The molecule has 19 heavy (non-hydrogen) atoms. The van der Waals surface area contributed by atoms with Crippen molar-refractivity contribution >= 4 is 6.09 Å². The van der Waals surface area contributed by atoms with Crippen molar-refractivity contribution in [3.8, 4) is 0 Å². The number of likely N-dealkylation sites (tertiary alicyclic amines) is 1. The molecule has 4 heteroatoms. The van der Waals surface area contributed by atoms with Crippen LogP contribution in [0.4, 0.5) is 4.79 Å². The van der Waals surface area contributed by atoms with Gasteiger partial charge in [-0.05, 0) is 65.5 Å². The summed E-state index contributed by atoms with van der Waals surface area (Å²) in [6.45, 7) is 11.7. The third kappa shape index (κ3) is 6.81. The minimum atomic E-state index is -0.394. The second kappa shape index (κ2) is 7.73. The van der Waals surface area contributed by atoms with Crippen LogP contribution in [0.25, 0.3) is 0 Å². The van der Waals surface area contributed by atoms with Crippen LogP contribution in [0.1, 0.15) is 53.4 Å². The molecule has 1 heterocycles. The van der Waals surface area contributed by atoms with E-state index in [2.05, 4.69) is 12.2 Å². The van der Waals surface area contributed by atoms with E-state index in [1.807, 2.05) is 25.7 Å². The Bertz CT molecular complexity index is 274. The van der Waals surface area contributed by atoms with E-state index in [4.69, 9.17) is 4.74 Å². The molecule has 1 rings (SSSR count). The predicted octanol–water partition coefficient (Wildman–Crippen LogP) is 3.02. The first-order chi connectivity index (χ1) is 8.92. The van der Waals surface area contributed by atoms with E-state index >= 15 is 0 Å². The minimum absolute atomic E-state index is 0.149. The number of amides is 1. The average molecular weight is 270 g/mol. The van der Waals surface area contributed by atoms with Gasteiger partial charge in [0.2, 0.25) is 0 Å². The van der Waals surface area contributed by atoms with Gasteiger partial charge in [-0.15, -0.1) is 0 Å². The molecule has 0 saturated carbocycles. The van der Waals surface area contributed by atoms with Gasteiger partial charge in [0.05, 0.1) is 0 Å². The van der Waals surface area contributed by atoms with Crippen molar-refractivity contribution in [1.29, 1.82) is 0 Å². The summed E-state index contributed by atoms with van der Waals surface area (Å²) in [5.41, 5.74) is -0.394. The molecule has 0 aliphatic carbocycles. The number of piperidine rings is 1. The Balaban J connectivity index is 2.31. The summed E-state index contributed by atoms with van der Waals surface area (Å²) in [6, 6.07) is 0. The van der Waals surface area contributed by atoms with E-state index in [-0.39, 0.29) is 6.09 Å². The highest BCUT2D eigenvalue weighted by molar-refractivity contribution is 5.68. The molecule has 1 N–H and O–H groups in total. The lowest BCUT2D eigenvalue weighted by molar-refractivity contribution is 0.0161. The Morgan fingerprint density at radius 1 is 1.42 bits per heavy atom. The van der Waals surface area contributed by atoms with Crippen LogP contribution in [0.2, 0.25) is 0 Å². The molecule has 4 nitrogen and oxygen atoms in total. The highest BCUT2D eigenvalue weighted by atomic mass is 16.6. The van der Waals surface area contributed by atoms with Gasteiger partial charge in [0, 0.05) is 13.1 Å². The third-order valence-electron chi connectivity index (χ3n) is 3.39. The smallest absolute Gasteiger partial charge is 0.410 e. The van der Waals surface area contributed by atoms with Crippen LogP contribution in [-0.4, -0.2) is 42.8 Å². The Labute approximate surface area is 117 Å². The van der Waals surface area contributed by atoms with Gasteiger partial charge in [0.1, 0.15) is 5.60 Å². The van der Waals surface area contributed by atoms with Crippen molar-refractivity contribution in [2.45, 2.75) is 59.0 Å². The molecule has 0 radical (unpaired) electrons. The van der Waals surface area contributed by atoms with Crippen LogP contribution < -0.4 is 5.32 Å². The molecule has 0 aromatic heterocycles. The largest absolute Gasteiger partial charge is 0.444 e. The van der Waals surface area contributed by atoms with E-state index in [9.17, 15) is 4.79 Å². The number of ether oxygens (including phenoxy) is 1. The lowest BCUT2D eigenvalue weighted by Gasteiger charge is -2.34. The highest BCUT2D eigenvalue weighted by Crippen LogP contribution is 2.22. The zero-order chi connectivity index (χ0) is 14.3. The van der Waals surface area contributed by atoms with E-state index in [0.29, 0.717) is 5.92 Å². The lowest BCUT2D eigenvalue weighted by Crippen LogP contribution is -2.43. The molecular weight excluding hydrogens is 240 g/mol. The average Bonchev–Trinajstić information content (AvgIpc) is 2.33. The summed E-state index contributed by atoms with van der Waals surface area (Å²) < 4.78 is 5.44. The van der Waals surface area contributed by atoms with Crippen molar-refractivity contribution in [1.82, 2.24) is 10.2 Å². The van der Waals surface area contributed by atoms with Crippen LogP contribution in [0.5, 0.6) is 0 Å². The van der Waals surface area contributed by atoms with Crippen LogP contribution in [0.15, 0.2) is 0 Å². The second-order valence-corrected chi connectivity index (χ2v) is 6.43. The first-order valence-corrected chi connectivity index (χ1v) is 7.61. The summed E-state index contributed by atoms with van der Waals surface area (Å²) in [5, 5.41) is 3.35. The Hall–Kier alpha value is -0.770. The number of hydrogen-bond acceptors (Lipinski definition) is 3. The molecule has 1 atom stereocenters. The number of hydrogen-bond donors (Lipinski definition) is 1. The maximum absolute atomic E-state index is 12.0. The molecule has 1 aliphatic rings. The molecule has 1 aliphatic heterocycles. The van der Waals surface area contributed by atoms with Gasteiger partial charge >= 0.3 is 6.09 Å². The third-order valence-corrected chi connectivity index (χ3v) is 3.39. The molecule has 0 bridgehead atoms. The topological polar surface area (TPSA) is 41.6 Å². The molecule has 0 aromatic rings. The number of nitrogens with zero attached hydrogens (tertiary/aromatic N) is 1. The maximum atomic E-state index is 12.0. The lowest BCUT2D eigenvalue weighted by atomic mass is 9.93. The normalized spacial score (nSPS) is 20.4. The summed E-state index contributed by atoms with van der Waals surface area (Å²) >= 11 is 0. The summed E-state index contributed by atoms with van der Waals surface area (Å²) in [4.78, 5) is 13.9. The van der Waals surface area contributed by atoms with Gasteiger partial charge in [-0.1, -0.05) is 6.92 Å². The number of carbonyl (C=O) groups excluding carboxylic acids is 1. The zero-order valence-corrected chi connectivity index (χ0v) is 13.0. The molecule has 1 amide bonds. The van der Waals surface area contributed by atoms with Crippen LogP contribution >= 0.6 is 0 Å². The fourth-order valence-electron chi connectivity index (χ4n) is 2.49. The fourth-order valence-corrected chi connectivity index (χ4v) is 2.49. The monoisotopic (exact) mass is 270 g/mol. The van der Waals surface area contributed by atoms with Crippen molar-refractivity contribution in [2.24, 2.45) is 5.92 Å². The molecule has 0 spiro atoms. The van der Waals surface area contributed by atoms with Crippen molar-refractivity contribution < 1.29 is 9.53 Å². The van der Waals surface area contributed by atoms with Gasteiger partial charge in [-0.3, -0.25) is 0 Å². The molecule has 112 valence electrons. The van der Waals surface area contributed by atoms with E-state index in [0.717, 1.165) is 32.6 Å². The molecule has 0 aromatic carbocycles. The van der Waals surface area contributed by atoms with Crippen molar-refractivity contribution in [3.63, 3.8) is 0 Å². The number of rotatable bonds is 5. The standard InChI is InChI=1S/C15H30N2O2/c1-5-16-10-6-8-13-9-7-11-17(12-13)14(18)19-15(2,3)4/h13,16H,5-12H2,1-4H3/t13-/m0/s1. The van der Waals surface area contributed by atoms with Gasteiger partial charge in [-0.2, -0.15) is 0 Å². The summed E-state index contributed by atoms with van der Waals surface area (Å²) in [6.07, 6.45) is 4.59. The second-order valence-electron chi connectivity index (χ2n) is 6.43. The Kier molecular flexibility index (Phi) is 6.63. The molecule has 0 unspecified atom stereocenters. The molecule has 1 fully saturated rings. The Morgan fingerprint density at radius 3 is 2.79 bits per heavy atom. The maximum Gasteiger partial charge on any atom is 0.410 e.